The normalized spacial score (nSPS) is 6.50. The van der Waals surface area contributed by atoms with E-state index in [4.69, 9.17) is 12.8 Å². The first-order chi connectivity index (χ1) is 4.86. The van der Waals surface area contributed by atoms with Crippen LogP contribution in [0, 0.1) is 24.7 Å². The van der Waals surface area contributed by atoms with Crippen LogP contribution in [-0.2, 0) is 44.8 Å². The molecule has 0 unspecified atom stereocenters. The van der Waals surface area contributed by atoms with Crippen molar-refractivity contribution < 1.29 is 44.8 Å². The first-order valence-electron chi connectivity index (χ1n) is 2.82. The Morgan fingerprint density at radius 3 is 1.17 bits per heavy atom. The maximum absolute atomic E-state index is 6.75. The summed E-state index contributed by atoms with van der Waals surface area (Å²) in [7, 11) is 0. The van der Waals surface area contributed by atoms with Gasteiger partial charge in [-0.05, 0) is 0 Å². The van der Waals surface area contributed by atoms with Crippen molar-refractivity contribution in [1.29, 1.82) is 0 Å². The van der Waals surface area contributed by atoms with Crippen LogP contribution in [0.2, 0.25) is 0 Å². The Morgan fingerprint density at radius 2 is 1.00 bits per heavy atom. The van der Waals surface area contributed by atoms with E-state index in [2.05, 4.69) is 11.8 Å². The van der Waals surface area contributed by atoms with Gasteiger partial charge in [0.05, 0.1) is 0 Å². The van der Waals surface area contributed by atoms with E-state index in [1.807, 2.05) is 0 Å². The van der Waals surface area contributed by atoms with Crippen molar-refractivity contribution in [3.05, 3.63) is 48.2 Å². The zero-order valence-corrected chi connectivity index (χ0v) is 8.88. The second-order valence-corrected chi connectivity index (χ2v) is 1.83. The topological polar surface area (TPSA) is 0 Å². The van der Waals surface area contributed by atoms with Crippen LogP contribution in [0.25, 0.3) is 0 Å². The van der Waals surface area contributed by atoms with Crippen molar-refractivity contribution in [3.63, 3.8) is 0 Å². The Labute approximate surface area is 104 Å². The van der Waals surface area contributed by atoms with Crippen molar-refractivity contribution in [2.24, 2.45) is 0 Å². The molecule has 1 rings (SSSR count). The molecule has 1 aromatic carbocycles. The minimum absolute atomic E-state index is 0. The van der Waals surface area contributed by atoms with Crippen LogP contribution in [0.5, 0.6) is 0 Å². The van der Waals surface area contributed by atoms with Gasteiger partial charge in [0.1, 0.15) is 0 Å². The van der Waals surface area contributed by atoms with Crippen molar-refractivity contribution in [3.8, 4) is 11.8 Å². The van der Waals surface area contributed by atoms with E-state index >= 15 is 0 Å². The van der Waals surface area contributed by atoms with Gasteiger partial charge in [0.2, 0.25) is 0 Å². The predicted molar refractivity (Wildman–Crippen MR) is 38.9 cm³/mol. The van der Waals surface area contributed by atoms with Crippen LogP contribution in [0.15, 0.2) is 24.3 Å². The molecule has 0 saturated carbocycles. The van der Waals surface area contributed by atoms with Crippen LogP contribution >= 0.6 is 0 Å². The molecule has 2 heteroatoms. The fourth-order valence-corrected chi connectivity index (χ4v) is 0.637. The summed E-state index contributed by atoms with van der Waals surface area (Å²) in [6.45, 7) is 0. The molecular weight excluding hydrogens is 336 g/mol. The fourth-order valence-electron chi connectivity index (χ4n) is 0.637. The molecule has 0 fully saturated rings. The Hall–Kier alpha value is -0.179. The minimum atomic E-state index is 0. The van der Waals surface area contributed by atoms with Gasteiger partial charge in [0, 0.05) is 0 Å². The zero-order valence-electron chi connectivity index (χ0n) is 5.91. The smallest absolute Gasteiger partial charge is 0.366 e. The molecule has 0 heterocycles. The third kappa shape index (κ3) is 4.00. The van der Waals surface area contributed by atoms with Crippen LogP contribution in [-0.4, -0.2) is 0 Å². The third-order valence-corrected chi connectivity index (χ3v) is 1.17. The molecule has 0 radical (unpaired) electrons. The summed E-state index contributed by atoms with van der Waals surface area (Å²) in [6.07, 6.45) is 13.5. The molecule has 0 aromatic heterocycles. The summed E-state index contributed by atoms with van der Waals surface area (Å²) in [5.74, 6) is 4.48. The molecule has 0 aliphatic carbocycles. The molecule has 66 valence electrons. The van der Waals surface area contributed by atoms with Crippen LogP contribution in [0.1, 0.15) is 11.1 Å². The molecule has 0 amide bonds. The Morgan fingerprint density at radius 1 is 0.750 bits per heavy atom. The summed E-state index contributed by atoms with van der Waals surface area (Å²) >= 11 is 0. The maximum Gasteiger partial charge on any atom is 1.00 e. The summed E-state index contributed by atoms with van der Waals surface area (Å²) in [5, 5.41) is 0. The molecule has 0 spiro atoms. The number of hydrogen-bond acceptors (Lipinski definition) is 0. The standard InChI is InChI=1S/C10H4.2Ag/c1-3-9-5-7-10(4-2)8-6-9;;/h5-8H;;/q-2;2*+1. The molecule has 0 aliphatic rings. The fraction of sp³-hybridized carbons (Fsp3) is 0. The first kappa shape index (κ1) is 14.4. The van der Waals surface area contributed by atoms with Gasteiger partial charge in [-0.2, -0.15) is 0 Å². The van der Waals surface area contributed by atoms with Gasteiger partial charge < -0.3 is 12.8 Å². The molecular formula is C10H4Ag2. The molecule has 0 saturated heterocycles. The quantitative estimate of drug-likeness (QED) is 0.382. The predicted octanol–water partition coefficient (Wildman–Crippen LogP) is 1.56. The number of hydrogen-bond donors (Lipinski definition) is 0. The molecule has 0 N–H and O–H groups in total. The summed E-state index contributed by atoms with van der Waals surface area (Å²) in [6, 6.07) is 6.90. The maximum atomic E-state index is 6.75. The van der Waals surface area contributed by atoms with Crippen LogP contribution in [0.4, 0.5) is 0 Å². The Balaban J connectivity index is 0. The van der Waals surface area contributed by atoms with Crippen molar-refractivity contribution in [1.82, 2.24) is 0 Å². The van der Waals surface area contributed by atoms with Gasteiger partial charge in [0.25, 0.3) is 0 Å². The molecule has 0 aliphatic heterocycles. The largest absolute Gasteiger partial charge is 1.00 e. The van der Waals surface area contributed by atoms with Crippen LogP contribution in [0.3, 0.4) is 0 Å². The molecule has 0 atom stereocenters. The van der Waals surface area contributed by atoms with E-state index in [0.29, 0.717) is 0 Å². The SMILES string of the molecule is [Ag+].[Ag+].[C-]#Cc1ccc(C#[C-])cc1. The third-order valence-electron chi connectivity index (χ3n) is 1.17. The van der Waals surface area contributed by atoms with Crippen molar-refractivity contribution in [2.45, 2.75) is 0 Å². The average Bonchev–Trinajstić information content (AvgIpc) is 2.05. The Kier molecular flexibility index (Phi) is 8.93. The first-order valence-corrected chi connectivity index (χ1v) is 2.82. The van der Waals surface area contributed by atoms with Crippen molar-refractivity contribution in [2.75, 3.05) is 0 Å². The van der Waals surface area contributed by atoms with Crippen molar-refractivity contribution >= 4 is 0 Å². The Bertz CT molecular complexity index is 265. The molecule has 12 heavy (non-hydrogen) atoms. The summed E-state index contributed by atoms with van der Waals surface area (Å²) < 4.78 is 0. The van der Waals surface area contributed by atoms with Gasteiger partial charge in [-0.25, -0.2) is 0 Å². The van der Waals surface area contributed by atoms with Gasteiger partial charge in [-0.1, -0.05) is 0 Å². The number of benzene rings is 1. The molecule has 0 bridgehead atoms. The monoisotopic (exact) mass is 338 g/mol. The van der Waals surface area contributed by atoms with E-state index in [-0.39, 0.29) is 44.8 Å². The number of rotatable bonds is 0. The summed E-state index contributed by atoms with van der Waals surface area (Å²) in [5.41, 5.74) is 1.44. The van der Waals surface area contributed by atoms with E-state index in [1.165, 1.54) is 0 Å². The molecule has 0 nitrogen and oxygen atoms in total. The molecule has 1 aromatic rings. The van der Waals surface area contributed by atoms with Crippen LogP contribution < -0.4 is 0 Å². The van der Waals surface area contributed by atoms with Gasteiger partial charge in [0.15, 0.2) is 0 Å². The van der Waals surface area contributed by atoms with Gasteiger partial charge in [-0.15, -0.1) is 35.4 Å². The average molecular weight is 340 g/mol. The summed E-state index contributed by atoms with van der Waals surface area (Å²) in [4.78, 5) is 0. The van der Waals surface area contributed by atoms with Gasteiger partial charge in [-0.3, -0.25) is 11.8 Å². The van der Waals surface area contributed by atoms with E-state index in [9.17, 15) is 0 Å². The second-order valence-electron chi connectivity index (χ2n) is 1.83. The van der Waals surface area contributed by atoms with E-state index < -0.39 is 0 Å². The van der Waals surface area contributed by atoms with E-state index in [1.54, 1.807) is 24.3 Å². The minimum Gasteiger partial charge on any atom is -0.366 e. The zero-order chi connectivity index (χ0) is 7.40. The second kappa shape index (κ2) is 7.47. The van der Waals surface area contributed by atoms with Gasteiger partial charge >= 0.3 is 44.8 Å². The van der Waals surface area contributed by atoms with E-state index in [0.717, 1.165) is 11.1 Å².